The summed E-state index contributed by atoms with van der Waals surface area (Å²) in [5, 5.41) is 26.6. The Balaban J connectivity index is 0.000000338. The Morgan fingerprint density at radius 3 is 1.01 bits per heavy atom. The van der Waals surface area contributed by atoms with Crippen LogP contribution in [0.25, 0.3) is 11.1 Å². The van der Waals surface area contributed by atoms with Gasteiger partial charge in [0.1, 0.15) is 19.4 Å². The Kier molecular flexibility index (Phi) is 42.3. The number of alkyl halides is 12. The molecular weight excluding hydrogens is 2070 g/mol. The van der Waals surface area contributed by atoms with Gasteiger partial charge in [0, 0.05) is 31.5 Å². The zero-order chi connectivity index (χ0) is 102. The van der Waals surface area contributed by atoms with E-state index in [-0.39, 0.29) is 48.5 Å². The van der Waals surface area contributed by atoms with Gasteiger partial charge in [-0.2, -0.15) is 52.7 Å². The molecule has 0 atom stereocenters. The number of nitrogens with two attached hydrogens (primary N) is 3. The van der Waals surface area contributed by atoms with Crippen molar-refractivity contribution in [1.29, 1.82) is 0 Å². The molecule has 2 saturated heterocycles. The fraction of sp³-hybridized carbons (Fsp3) is 0.333. The number of nitrogens with zero attached hydrogens (tertiary/aromatic N) is 2. The summed E-state index contributed by atoms with van der Waals surface area (Å²) in [5.41, 5.74) is 16.7. The summed E-state index contributed by atoms with van der Waals surface area (Å²) in [6, 6.07) is 44.0. The second kappa shape index (κ2) is 48.0. The average Bonchev–Trinajstić information content (AvgIpc) is 1.61. The van der Waals surface area contributed by atoms with Crippen molar-refractivity contribution in [2.24, 2.45) is 0 Å². The molecule has 2 aliphatic rings. The second-order valence-corrected chi connectivity index (χ2v) is 42.7. The van der Waals surface area contributed by atoms with Crippen LogP contribution in [0.15, 0.2) is 240 Å². The van der Waals surface area contributed by atoms with Crippen LogP contribution in [-0.4, -0.2) is 155 Å². The van der Waals surface area contributed by atoms with E-state index in [0.29, 0.717) is 77.6 Å². The lowest BCUT2D eigenvalue weighted by atomic mass is 9.63. The molecule has 0 unspecified atom stereocenters. The first-order chi connectivity index (χ1) is 61.3. The first kappa shape index (κ1) is 119. The van der Waals surface area contributed by atoms with Crippen LogP contribution in [0.5, 0.6) is 0 Å². The highest BCUT2D eigenvalue weighted by Gasteiger charge is 2.53. The fourth-order valence-electron chi connectivity index (χ4n) is 11.0. The molecule has 2 fully saturated rings. The number of sulfonamides is 4. The summed E-state index contributed by atoms with van der Waals surface area (Å²) in [6.45, 7) is 21.7. The molecule has 25 nitrogen and oxygen atoms in total. The normalized spacial score (nSPS) is 14.6. The lowest BCUT2D eigenvalue weighted by molar-refractivity contribution is -0.138. The van der Waals surface area contributed by atoms with Crippen LogP contribution in [-0.2, 0) is 103 Å². The molecule has 10 aromatic rings. The fourth-order valence-corrected chi connectivity index (χ4v) is 15.6. The van der Waals surface area contributed by atoms with Crippen molar-refractivity contribution in [2.75, 3.05) is 45.4 Å². The lowest BCUT2D eigenvalue weighted by Crippen LogP contribution is -2.44. The summed E-state index contributed by atoms with van der Waals surface area (Å²) in [5.74, 6) is 0.809. The predicted octanol–water partition coefficient (Wildman–Crippen LogP) is 15.1. The highest BCUT2D eigenvalue weighted by Crippen LogP contribution is 2.40. The number of halogens is 15. The van der Waals surface area contributed by atoms with Crippen LogP contribution >= 0.6 is 47.8 Å². The van der Waals surface area contributed by atoms with Gasteiger partial charge < -0.3 is 56.5 Å². The minimum atomic E-state index is -4.41. The molecule has 4 heterocycles. The van der Waals surface area contributed by atoms with Gasteiger partial charge >= 0.3 is 46.3 Å². The quantitative estimate of drug-likeness (QED) is 0.0217. The highest BCUT2D eigenvalue weighted by atomic mass is 79.9. The van der Waals surface area contributed by atoms with Crippen LogP contribution in [0.2, 0.25) is 0 Å². The van der Waals surface area contributed by atoms with E-state index in [4.69, 9.17) is 58.8 Å². The predicted molar refractivity (Wildman–Crippen MR) is 510 cm³/mol. The van der Waals surface area contributed by atoms with Gasteiger partial charge in [-0.25, -0.2) is 62.5 Å². The second-order valence-electron chi connectivity index (χ2n) is 32.5. The molecule has 12 rings (SSSR count). The Morgan fingerprint density at radius 2 is 0.711 bits per heavy atom. The molecule has 0 aliphatic carbocycles. The van der Waals surface area contributed by atoms with Crippen LogP contribution in [0.1, 0.15) is 139 Å². The third-order valence-electron chi connectivity index (χ3n) is 21.0. The number of aliphatic hydroxyl groups is 2. The van der Waals surface area contributed by atoms with E-state index in [1.807, 2.05) is 61.5 Å². The number of nitrogen functional groups attached to an aromatic ring is 3. The summed E-state index contributed by atoms with van der Waals surface area (Å²) in [7, 11) is -4.17. The summed E-state index contributed by atoms with van der Waals surface area (Å²) in [6.07, 6.45) is -13.3. The number of benzene rings is 8. The standard InChI is InChI=1S/C21H25BF3NO4S.C20H18F3N3O2S.C15H13BrF3NO2S.C7H5BF3O.C7H9BrN2O2S.C6H12B2O2.C6H14O2.C5H5BrN2.H2O/c1-19(2)20(3,4)30-22(29-19)18-13-17(31(27,28)26-5)11-8-15(18)12-14-6-9-16(10-7-14)21(23,24)25;1-25-29(27,28)17-7-4-14(18(12-17)15-8-9-26-19(24)11-15)10-13-2-5-16(6-3-13)20(21,22)23;1-20-23(21,22)13-7-4-11(14(16)9-13)8-10-2-5-12(6-3-10)15(17,18)19;9-7(10,11)5-1-3-6(8-12)4-2-5;1-10-13(11,12)5-2-3-7(9)6(8)4-5;1-5(2)6(3,4)10-8(7)9-5;1-5(2,7)6(3,4)8;6-4-1-2-8-5(7)3-4;/h6-11,13,26H,12H2,1-5H3;2-9,11-12,25H,10H2,1H3,(H2,24,26);2-7,9,20H,8H2,1H3;1-4,12H;2-4,10H,9H2,1H3;1-4H3;7-8H,1-4H3;1-3H,(H2,7,8);1H2. The SMILES string of the molecule is CC(C)(O)C(C)(C)O.CNS(=O)(=O)c1ccc(Cc2ccc(C(F)(F)F)cc2)c(-c2ccnc(N)c2)c1.CNS(=O)(=O)c1ccc(Cc2ccc(C(F)(F)F)cc2)c(B2OC(C)(C)C(C)(C)O2)c1.CNS(=O)(=O)c1ccc(Cc2ccc(C(F)(F)F)cc2)c(Br)c1.CNS(=O)(=O)c1ccc(N)c(Br)c1.Nc1cc(Br)ccn1.O.O[B]c1ccc(C(F)(F)F)cc1.[B]B1OC(C)(C)C(C)(C)O1. The molecule has 0 bridgehead atoms. The number of hydrogen-bond donors (Lipinski definition) is 10. The molecule has 135 heavy (non-hydrogen) atoms. The maximum atomic E-state index is 12.9. The Morgan fingerprint density at radius 1 is 0.407 bits per heavy atom. The van der Waals surface area contributed by atoms with Gasteiger partial charge in [0.25, 0.3) is 0 Å². The van der Waals surface area contributed by atoms with E-state index in [1.54, 1.807) is 70.3 Å². The van der Waals surface area contributed by atoms with Gasteiger partial charge in [-0.1, -0.05) is 116 Å². The van der Waals surface area contributed by atoms with E-state index in [0.717, 1.165) is 71.6 Å². The number of pyridine rings is 2. The number of nitrogens with one attached hydrogen (secondary N) is 4. The van der Waals surface area contributed by atoms with Crippen LogP contribution < -0.4 is 47.0 Å². The number of anilines is 3. The van der Waals surface area contributed by atoms with E-state index in [9.17, 15) is 86.4 Å². The smallest absolute Gasteiger partial charge is 0.450 e. The first-order valence-corrected chi connectivity index (χ1v) is 48.1. The van der Waals surface area contributed by atoms with Crippen molar-refractivity contribution < 1.29 is 126 Å². The molecule has 2 aliphatic heterocycles. The Labute approximate surface area is 806 Å². The monoisotopic (exact) mass is 2170 g/mol. The number of aromatic nitrogens is 2. The van der Waals surface area contributed by atoms with Crippen LogP contribution in [0, 0.1) is 0 Å². The molecule has 0 saturated carbocycles. The van der Waals surface area contributed by atoms with Gasteiger partial charge in [-0.15, -0.1) is 0 Å². The van der Waals surface area contributed by atoms with Crippen LogP contribution in [0.3, 0.4) is 0 Å². The van der Waals surface area contributed by atoms with E-state index in [1.165, 1.54) is 138 Å². The molecule has 0 spiro atoms. The van der Waals surface area contributed by atoms with Crippen molar-refractivity contribution in [2.45, 2.75) is 180 Å². The van der Waals surface area contributed by atoms with Gasteiger partial charge in [-0.05, 0) is 312 Å². The topological polar surface area (TPSA) is 418 Å². The van der Waals surface area contributed by atoms with Gasteiger partial charge in [-0.3, -0.25) is 0 Å². The maximum Gasteiger partial charge on any atom is 0.495 e. The molecule has 48 heteroatoms. The Hall–Kier alpha value is -8.36. The molecule has 15 N–H and O–H groups in total. The van der Waals surface area contributed by atoms with E-state index in [2.05, 4.69) is 76.6 Å². The van der Waals surface area contributed by atoms with Gasteiger partial charge in [0.15, 0.2) is 0 Å². The zero-order valence-corrected chi connectivity index (χ0v) is 83.8. The van der Waals surface area contributed by atoms with Gasteiger partial charge in [0.2, 0.25) is 40.1 Å². The maximum absolute atomic E-state index is 12.9. The van der Waals surface area contributed by atoms with E-state index >= 15 is 0 Å². The van der Waals surface area contributed by atoms with Crippen molar-refractivity contribution in [3.8, 4) is 11.1 Å². The first-order valence-electron chi connectivity index (χ1n) is 39.8. The summed E-state index contributed by atoms with van der Waals surface area (Å²) in [4.78, 5) is 8.15. The highest BCUT2D eigenvalue weighted by molar-refractivity contribution is 9.11. The largest absolute Gasteiger partial charge is 0.495 e. The molecule has 3 radical (unpaired) electrons. The van der Waals surface area contributed by atoms with Crippen molar-refractivity contribution in [3.05, 3.63) is 276 Å². The number of hydrogen-bond acceptors (Lipinski definition) is 20. The summed E-state index contributed by atoms with van der Waals surface area (Å²) >= 11 is 9.69. The molecule has 8 aromatic carbocycles. The summed E-state index contributed by atoms with van der Waals surface area (Å²) < 4.78 is 279. The van der Waals surface area contributed by atoms with Crippen molar-refractivity contribution in [3.63, 3.8) is 0 Å². The third-order valence-corrected chi connectivity index (χ3v) is 28.6. The van der Waals surface area contributed by atoms with Crippen molar-refractivity contribution >= 4 is 145 Å². The minimum Gasteiger partial charge on any atom is -0.450 e. The molecule has 733 valence electrons. The third kappa shape index (κ3) is 35.5. The molecular formula is C87H103B4Br3F12N9O16S4. The number of rotatable bonds is 18. The van der Waals surface area contributed by atoms with Crippen molar-refractivity contribution in [1.82, 2.24) is 28.9 Å². The van der Waals surface area contributed by atoms with Crippen LogP contribution in [0.4, 0.5) is 70.0 Å². The minimum absolute atomic E-state index is 0. The Bertz CT molecular complexity index is 6030. The zero-order valence-electron chi connectivity index (χ0n) is 75.7. The average molecular weight is 2170 g/mol. The van der Waals surface area contributed by atoms with Gasteiger partial charge in [0.05, 0.1) is 75.4 Å². The molecule has 2 aromatic heterocycles. The molecule has 0 amide bonds. The van der Waals surface area contributed by atoms with E-state index < -0.39 is 124 Å². The lowest BCUT2D eigenvalue weighted by Gasteiger charge is -2.32.